The molecule has 0 amide bonds. The average molecular weight is 397 g/mol. The predicted molar refractivity (Wildman–Crippen MR) is 105 cm³/mol. The number of benzene rings is 1. The van der Waals surface area contributed by atoms with Crippen molar-refractivity contribution in [3.05, 3.63) is 52.3 Å². The van der Waals surface area contributed by atoms with Crippen LogP contribution in [0.4, 0.5) is 8.78 Å². The van der Waals surface area contributed by atoms with Crippen molar-refractivity contribution in [2.75, 3.05) is 26.7 Å². The second-order valence-corrected chi connectivity index (χ2v) is 8.09. The molecule has 26 heavy (non-hydrogen) atoms. The van der Waals surface area contributed by atoms with Crippen molar-refractivity contribution in [2.45, 2.75) is 23.7 Å². The first-order chi connectivity index (χ1) is 12.6. The first-order valence-corrected chi connectivity index (χ1v) is 10.3. The summed E-state index contributed by atoms with van der Waals surface area (Å²) in [4.78, 5) is 8.00. The zero-order valence-electron chi connectivity index (χ0n) is 14.6. The molecule has 7 heteroatoms. The molecule has 140 valence electrons. The molecule has 2 heterocycles. The monoisotopic (exact) mass is 396 g/mol. The maximum Gasteiger partial charge on any atom is 0.345 e. The minimum Gasteiger partial charge on any atom is -0.361 e. The third-order valence-corrected chi connectivity index (χ3v) is 6.34. The van der Waals surface area contributed by atoms with Crippen LogP contribution in [-0.4, -0.2) is 43.2 Å². The zero-order valence-corrected chi connectivity index (χ0v) is 16.2. The van der Waals surface area contributed by atoms with E-state index in [2.05, 4.69) is 51.6 Å². The number of aromatic amines is 1. The van der Waals surface area contributed by atoms with Crippen LogP contribution in [0, 0.1) is 0 Å². The van der Waals surface area contributed by atoms with Crippen LogP contribution < -0.4 is 0 Å². The molecule has 1 aromatic carbocycles. The van der Waals surface area contributed by atoms with Gasteiger partial charge in [0.15, 0.2) is 0 Å². The molecule has 1 N–H and O–H groups in total. The molecule has 0 aliphatic carbocycles. The van der Waals surface area contributed by atoms with Gasteiger partial charge < -0.3 is 14.6 Å². The van der Waals surface area contributed by atoms with Gasteiger partial charge in [0.05, 0.1) is 6.61 Å². The summed E-state index contributed by atoms with van der Waals surface area (Å²) in [6.45, 7) is -1.36. The fourth-order valence-electron chi connectivity index (χ4n) is 2.80. The molecule has 0 fully saturated rings. The number of nitrogens with zero attached hydrogens (tertiary/aromatic N) is 1. The second kappa shape index (κ2) is 9.50. The van der Waals surface area contributed by atoms with Crippen LogP contribution in [-0.2, 0) is 16.9 Å². The highest BCUT2D eigenvalue weighted by molar-refractivity contribution is 7.98. The second-order valence-electron chi connectivity index (χ2n) is 6.05. The highest BCUT2D eigenvalue weighted by Gasteiger charge is 2.11. The molecule has 0 unspecified atom stereocenters. The third kappa shape index (κ3) is 5.30. The SMILES string of the molecule is CN(CCOC(F)F)CCc1c[nH]c2cccc(SCc3cccs3)c12. The Morgan fingerprint density at radius 1 is 1.23 bits per heavy atom. The number of hydrogen-bond donors (Lipinski definition) is 1. The molecular formula is C19H22F2N2OS2. The fourth-order valence-corrected chi connectivity index (χ4v) is 4.69. The summed E-state index contributed by atoms with van der Waals surface area (Å²) in [6, 6.07) is 10.6. The van der Waals surface area contributed by atoms with Crippen LogP contribution in [0.1, 0.15) is 10.4 Å². The minimum absolute atomic E-state index is 0.0456. The van der Waals surface area contributed by atoms with Crippen molar-refractivity contribution in [3.8, 4) is 0 Å². The van der Waals surface area contributed by atoms with Crippen molar-refractivity contribution in [1.82, 2.24) is 9.88 Å². The van der Waals surface area contributed by atoms with Crippen LogP contribution >= 0.6 is 23.1 Å². The Kier molecular flexibility index (Phi) is 7.07. The number of nitrogens with one attached hydrogen (secondary N) is 1. The van der Waals surface area contributed by atoms with Gasteiger partial charge in [-0.15, -0.1) is 23.1 Å². The fraction of sp³-hybridized carbons (Fsp3) is 0.368. The third-order valence-electron chi connectivity index (χ3n) is 4.18. The van der Waals surface area contributed by atoms with E-state index in [9.17, 15) is 8.78 Å². The molecule has 0 saturated carbocycles. The lowest BCUT2D eigenvalue weighted by Crippen LogP contribution is -2.26. The highest BCUT2D eigenvalue weighted by atomic mass is 32.2. The van der Waals surface area contributed by atoms with Gasteiger partial charge in [-0.3, -0.25) is 0 Å². The Morgan fingerprint density at radius 3 is 2.88 bits per heavy atom. The van der Waals surface area contributed by atoms with Crippen LogP contribution in [0.25, 0.3) is 10.9 Å². The largest absolute Gasteiger partial charge is 0.361 e. The van der Waals surface area contributed by atoms with Gasteiger partial charge >= 0.3 is 6.61 Å². The Morgan fingerprint density at radius 2 is 2.12 bits per heavy atom. The Bertz CT molecular complexity index is 805. The van der Waals surface area contributed by atoms with Gasteiger partial charge in [0.1, 0.15) is 0 Å². The van der Waals surface area contributed by atoms with E-state index in [0.29, 0.717) is 6.54 Å². The van der Waals surface area contributed by atoms with Gasteiger partial charge in [-0.25, -0.2) is 0 Å². The van der Waals surface area contributed by atoms with Gasteiger partial charge in [-0.1, -0.05) is 12.1 Å². The number of aromatic nitrogens is 1. The predicted octanol–water partition coefficient (Wildman–Crippen LogP) is 5.24. The van der Waals surface area contributed by atoms with Crippen molar-refractivity contribution in [2.24, 2.45) is 0 Å². The summed E-state index contributed by atoms with van der Waals surface area (Å²) in [5.74, 6) is 0.965. The van der Waals surface area contributed by atoms with Crippen LogP contribution in [0.15, 0.2) is 46.8 Å². The van der Waals surface area contributed by atoms with E-state index < -0.39 is 6.61 Å². The van der Waals surface area contributed by atoms with Gasteiger partial charge in [0.25, 0.3) is 0 Å². The quantitative estimate of drug-likeness (QED) is 0.475. The van der Waals surface area contributed by atoms with Gasteiger partial charge in [-0.05, 0) is 42.6 Å². The molecule has 3 aromatic rings. The molecule has 3 rings (SSSR count). The molecule has 0 aliphatic rings. The number of thioether (sulfide) groups is 1. The molecular weight excluding hydrogens is 374 g/mol. The first-order valence-electron chi connectivity index (χ1n) is 8.46. The maximum absolute atomic E-state index is 12.0. The smallest absolute Gasteiger partial charge is 0.345 e. The van der Waals surface area contributed by atoms with Crippen LogP contribution in [0.3, 0.4) is 0 Å². The zero-order chi connectivity index (χ0) is 18.4. The number of alkyl halides is 2. The number of thiophene rings is 1. The molecule has 0 atom stereocenters. The van der Waals surface area contributed by atoms with E-state index in [4.69, 9.17) is 0 Å². The van der Waals surface area contributed by atoms with E-state index in [1.165, 1.54) is 20.7 Å². The lowest BCUT2D eigenvalue weighted by atomic mass is 10.1. The summed E-state index contributed by atoms with van der Waals surface area (Å²) in [5, 5.41) is 3.37. The highest BCUT2D eigenvalue weighted by Crippen LogP contribution is 2.33. The molecule has 0 radical (unpaired) electrons. The summed E-state index contributed by atoms with van der Waals surface area (Å²) < 4.78 is 28.4. The van der Waals surface area contributed by atoms with Crippen molar-refractivity contribution in [3.63, 3.8) is 0 Å². The van der Waals surface area contributed by atoms with E-state index in [1.54, 1.807) is 11.3 Å². The van der Waals surface area contributed by atoms with Gasteiger partial charge in [-0.2, -0.15) is 8.78 Å². The minimum atomic E-state index is -2.69. The van der Waals surface area contributed by atoms with Crippen LogP contribution in [0.5, 0.6) is 0 Å². The molecule has 0 bridgehead atoms. The van der Waals surface area contributed by atoms with E-state index in [1.807, 2.05) is 23.7 Å². The topological polar surface area (TPSA) is 28.3 Å². The number of hydrogen-bond acceptors (Lipinski definition) is 4. The maximum atomic E-state index is 12.0. The van der Waals surface area contributed by atoms with Gasteiger partial charge in [0.2, 0.25) is 0 Å². The number of ether oxygens (including phenoxy) is 1. The van der Waals surface area contributed by atoms with Gasteiger partial charge in [0, 0.05) is 45.7 Å². The molecule has 2 aromatic heterocycles. The van der Waals surface area contributed by atoms with Crippen LogP contribution in [0.2, 0.25) is 0 Å². The average Bonchev–Trinajstić information content (AvgIpc) is 3.28. The lowest BCUT2D eigenvalue weighted by Gasteiger charge is -2.16. The van der Waals surface area contributed by atoms with E-state index in [0.717, 1.165) is 24.2 Å². The lowest BCUT2D eigenvalue weighted by molar-refractivity contribution is -0.131. The molecule has 0 aliphatic heterocycles. The molecule has 0 spiro atoms. The number of rotatable bonds is 10. The number of likely N-dealkylation sites (N-methyl/N-ethyl adjacent to an activating group) is 1. The number of H-pyrrole nitrogens is 1. The Hall–Kier alpha value is -1.41. The van der Waals surface area contributed by atoms with Crippen molar-refractivity contribution >= 4 is 34.0 Å². The molecule has 3 nitrogen and oxygen atoms in total. The van der Waals surface area contributed by atoms with Crippen molar-refractivity contribution in [1.29, 1.82) is 0 Å². The standard InChI is InChI=1S/C19H22F2N2OS2/c1-23(9-10-24-19(20)21)8-7-14-12-22-16-5-2-6-17(18(14)16)26-13-15-4-3-11-25-15/h2-6,11-12,19,22H,7-10,13H2,1H3. The first kappa shape index (κ1) is 19.4. The summed E-state index contributed by atoms with van der Waals surface area (Å²) >= 11 is 3.63. The Labute approximate surface area is 160 Å². The Balaban J connectivity index is 1.63. The summed E-state index contributed by atoms with van der Waals surface area (Å²) in [7, 11) is 1.93. The van der Waals surface area contributed by atoms with Crippen molar-refractivity contribution < 1.29 is 13.5 Å². The van der Waals surface area contributed by atoms with E-state index >= 15 is 0 Å². The number of halogens is 2. The van der Waals surface area contributed by atoms with E-state index in [-0.39, 0.29) is 6.61 Å². The number of fused-ring (bicyclic) bond motifs is 1. The molecule has 0 saturated heterocycles. The summed E-state index contributed by atoms with van der Waals surface area (Å²) in [5.41, 5.74) is 2.40. The summed E-state index contributed by atoms with van der Waals surface area (Å²) in [6.07, 6.45) is 2.92. The normalized spacial score (nSPS) is 11.9.